The first-order chi connectivity index (χ1) is 13.4. The minimum absolute atomic E-state index is 0.0876. The molecule has 0 N–H and O–H groups in total. The second kappa shape index (κ2) is 8.35. The zero-order valence-corrected chi connectivity index (χ0v) is 16.9. The molecule has 2 aromatic rings. The number of rotatable bonds is 4. The van der Waals surface area contributed by atoms with Gasteiger partial charge in [-0.05, 0) is 56.2 Å². The number of hydrogen-bond donors (Lipinski definition) is 0. The zero-order valence-electron chi connectivity index (χ0n) is 16.1. The molecular formula is C22H22N2O3S. The van der Waals surface area contributed by atoms with Crippen molar-refractivity contribution >= 4 is 21.6 Å². The van der Waals surface area contributed by atoms with Gasteiger partial charge < -0.3 is 4.74 Å². The molecule has 28 heavy (non-hydrogen) atoms. The summed E-state index contributed by atoms with van der Waals surface area (Å²) in [6.45, 7) is 4.03. The van der Waals surface area contributed by atoms with E-state index in [-0.39, 0.29) is 10.7 Å². The van der Waals surface area contributed by atoms with E-state index in [4.69, 9.17) is 4.74 Å². The second-order valence-electron chi connectivity index (χ2n) is 6.44. The summed E-state index contributed by atoms with van der Waals surface area (Å²) >= 11 is 0. The molecule has 1 aliphatic rings. The monoisotopic (exact) mass is 394 g/mol. The molecule has 3 rings (SSSR count). The minimum atomic E-state index is -3.93. The number of aliphatic imine (C=N–C) groups is 1. The number of sulfonamides is 1. The lowest BCUT2D eigenvalue weighted by molar-refractivity contribution is 0.414. The van der Waals surface area contributed by atoms with E-state index in [0.717, 1.165) is 17.7 Å². The molecule has 0 radical (unpaired) electrons. The maximum Gasteiger partial charge on any atom is 0.284 e. The Morgan fingerprint density at radius 2 is 1.68 bits per heavy atom. The molecular weight excluding hydrogens is 372 g/mol. The Bertz CT molecular complexity index is 1080. The summed E-state index contributed by atoms with van der Waals surface area (Å²) in [6.07, 6.45) is 4.79. The fourth-order valence-corrected chi connectivity index (χ4v) is 3.68. The van der Waals surface area contributed by atoms with Crippen molar-refractivity contribution in [3.8, 4) is 5.75 Å². The van der Waals surface area contributed by atoms with E-state index in [1.54, 1.807) is 24.3 Å². The van der Waals surface area contributed by atoms with Gasteiger partial charge in [0.15, 0.2) is 5.84 Å². The van der Waals surface area contributed by atoms with Gasteiger partial charge in [0.25, 0.3) is 10.0 Å². The Labute approximate surface area is 165 Å². The van der Waals surface area contributed by atoms with Gasteiger partial charge in [-0.25, -0.2) is 4.99 Å². The SMILES string of the molecule is COc1ccc(S(=O)(=O)N=C(N=C2C=CCC(C)=C2C)c2ccccc2)cc1. The lowest BCUT2D eigenvalue weighted by Crippen LogP contribution is -2.10. The van der Waals surface area contributed by atoms with Crippen LogP contribution >= 0.6 is 0 Å². The Morgan fingerprint density at radius 3 is 2.32 bits per heavy atom. The van der Waals surface area contributed by atoms with Crippen molar-refractivity contribution in [2.75, 3.05) is 7.11 Å². The highest BCUT2D eigenvalue weighted by Crippen LogP contribution is 2.21. The molecule has 2 aromatic carbocycles. The van der Waals surface area contributed by atoms with Crippen molar-refractivity contribution < 1.29 is 13.2 Å². The molecule has 0 saturated carbocycles. The summed E-state index contributed by atoms with van der Waals surface area (Å²) in [5, 5.41) is 0. The molecule has 0 amide bonds. The van der Waals surface area contributed by atoms with Crippen molar-refractivity contribution in [2.24, 2.45) is 9.39 Å². The summed E-state index contributed by atoms with van der Waals surface area (Å²) in [5.74, 6) is 0.736. The van der Waals surface area contributed by atoms with Crippen LogP contribution in [-0.2, 0) is 10.0 Å². The van der Waals surface area contributed by atoms with Crippen LogP contribution in [0.2, 0.25) is 0 Å². The van der Waals surface area contributed by atoms with Crippen LogP contribution in [0.1, 0.15) is 25.8 Å². The van der Waals surface area contributed by atoms with Crippen LogP contribution in [-0.4, -0.2) is 27.1 Å². The Kier molecular flexibility index (Phi) is 5.90. The number of benzene rings is 2. The standard InChI is InChI=1S/C22H22N2O3S/c1-16-8-7-11-21(17(16)2)23-22(18-9-5-4-6-10-18)24-28(25,26)20-14-12-19(27-3)13-15-20/h4-7,9-15H,8H2,1-3H3. The van der Waals surface area contributed by atoms with Crippen molar-refractivity contribution in [3.63, 3.8) is 0 Å². The van der Waals surface area contributed by atoms with Crippen LogP contribution in [0.4, 0.5) is 0 Å². The number of methoxy groups -OCH3 is 1. The number of ether oxygens (including phenoxy) is 1. The lowest BCUT2D eigenvalue weighted by Gasteiger charge is -2.12. The average Bonchev–Trinajstić information content (AvgIpc) is 2.71. The Hall–Kier alpha value is -2.99. The van der Waals surface area contributed by atoms with Gasteiger partial charge in [0.05, 0.1) is 17.7 Å². The summed E-state index contributed by atoms with van der Waals surface area (Å²) < 4.78 is 34.9. The summed E-state index contributed by atoms with van der Waals surface area (Å²) in [7, 11) is -2.40. The molecule has 0 spiro atoms. The van der Waals surface area contributed by atoms with E-state index in [1.807, 2.05) is 44.2 Å². The van der Waals surface area contributed by atoms with Crippen molar-refractivity contribution in [1.29, 1.82) is 0 Å². The van der Waals surface area contributed by atoms with Gasteiger partial charge in [0.2, 0.25) is 0 Å². The van der Waals surface area contributed by atoms with Crippen molar-refractivity contribution in [1.82, 2.24) is 0 Å². The van der Waals surface area contributed by atoms with Gasteiger partial charge in [0, 0.05) is 5.56 Å². The summed E-state index contributed by atoms with van der Waals surface area (Å²) in [4.78, 5) is 4.69. The smallest absolute Gasteiger partial charge is 0.284 e. The normalized spacial score (nSPS) is 16.5. The molecule has 0 unspecified atom stereocenters. The highest BCUT2D eigenvalue weighted by Gasteiger charge is 2.17. The quantitative estimate of drug-likeness (QED) is 0.563. The number of hydrogen-bond acceptors (Lipinski definition) is 3. The fraction of sp³-hybridized carbons (Fsp3) is 0.182. The first kappa shape index (κ1) is 19.8. The third-order valence-electron chi connectivity index (χ3n) is 4.55. The summed E-state index contributed by atoms with van der Waals surface area (Å²) in [6, 6.07) is 15.3. The van der Waals surface area contributed by atoms with Crippen LogP contribution in [0, 0.1) is 0 Å². The Balaban J connectivity index is 2.11. The van der Waals surface area contributed by atoms with Crippen LogP contribution in [0.3, 0.4) is 0 Å². The largest absolute Gasteiger partial charge is 0.497 e. The molecule has 0 aromatic heterocycles. The highest BCUT2D eigenvalue weighted by molar-refractivity contribution is 7.90. The molecule has 0 heterocycles. The second-order valence-corrected chi connectivity index (χ2v) is 8.04. The van der Waals surface area contributed by atoms with Crippen LogP contribution in [0.15, 0.2) is 92.2 Å². The number of nitrogens with zero attached hydrogens (tertiary/aromatic N) is 2. The number of amidine groups is 1. The van der Waals surface area contributed by atoms with Crippen LogP contribution in [0.5, 0.6) is 5.75 Å². The topological polar surface area (TPSA) is 68.1 Å². The molecule has 0 bridgehead atoms. The van der Waals surface area contributed by atoms with Crippen LogP contribution in [0.25, 0.3) is 0 Å². The third-order valence-corrected chi connectivity index (χ3v) is 5.83. The molecule has 6 heteroatoms. The van der Waals surface area contributed by atoms with E-state index < -0.39 is 10.0 Å². The predicted molar refractivity (Wildman–Crippen MR) is 113 cm³/mol. The molecule has 0 aliphatic heterocycles. The van der Waals surface area contributed by atoms with E-state index in [9.17, 15) is 8.42 Å². The van der Waals surface area contributed by atoms with E-state index in [0.29, 0.717) is 11.3 Å². The van der Waals surface area contributed by atoms with Gasteiger partial charge >= 0.3 is 0 Å². The maximum absolute atomic E-state index is 12.9. The lowest BCUT2D eigenvalue weighted by atomic mass is 9.98. The summed E-state index contributed by atoms with van der Waals surface area (Å²) in [5.41, 5.74) is 3.59. The van der Waals surface area contributed by atoms with Gasteiger partial charge in [-0.2, -0.15) is 8.42 Å². The molecule has 5 nitrogen and oxygen atoms in total. The fourth-order valence-electron chi connectivity index (χ4n) is 2.72. The van der Waals surface area contributed by atoms with Gasteiger partial charge in [-0.1, -0.05) is 42.0 Å². The molecule has 0 saturated heterocycles. The van der Waals surface area contributed by atoms with Gasteiger partial charge in [0.1, 0.15) is 5.75 Å². The molecule has 1 aliphatic carbocycles. The average molecular weight is 394 g/mol. The van der Waals surface area contributed by atoms with Crippen molar-refractivity contribution in [2.45, 2.75) is 25.2 Å². The van der Waals surface area contributed by atoms with Crippen molar-refractivity contribution in [3.05, 3.63) is 83.5 Å². The molecule has 0 fully saturated rings. The van der Waals surface area contributed by atoms with E-state index in [2.05, 4.69) is 9.39 Å². The minimum Gasteiger partial charge on any atom is -0.497 e. The first-order valence-electron chi connectivity index (χ1n) is 8.87. The molecule has 0 atom stereocenters. The maximum atomic E-state index is 12.9. The number of allylic oxidation sites excluding steroid dienone is 4. The van der Waals surface area contributed by atoms with Gasteiger partial charge in [-0.3, -0.25) is 0 Å². The Morgan fingerprint density at radius 1 is 1.00 bits per heavy atom. The van der Waals surface area contributed by atoms with E-state index in [1.165, 1.54) is 24.8 Å². The third kappa shape index (κ3) is 4.46. The predicted octanol–water partition coefficient (Wildman–Crippen LogP) is 4.57. The highest BCUT2D eigenvalue weighted by atomic mass is 32.2. The first-order valence-corrected chi connectivity index (χ1v) is 10.3. The van der Waals surface area contributed by atoms with Gasteiger partial charge in [-0.15, -0.1) is 4.40 Å². The van der Waals surface area contributed by atoms with Crippen LogP contribution < -0.4 is 4.74 Å². The zero-order chi connectivity index (χ0) is 20.1. The van der Waals surface area contributed by atoms with E-state index >= 15 is 0 Å². The molecule has 144 valence electrons.